The number of nitrogens with two attached hydrogens (primary N) is 1. The van der Waals surface area contributed by atoms with Crippen molar-refractivity contribution >= 4 is 18.0 Å². The van der Waals surface area contributed by atoms with Crippen LogP contribution < -0.4 is 5.73 Å². The molecule has 1 aromatic rings. The molecular weight excluding hydrogens is 194 g/mol. The second kappa shape index (κ2) is 4.63. The lowest BCUT2D eigenvalue weighted by molar-refractivity contribution is 0.726. The van der Waals surface area contributed by atoms with Crippen molar-refractivity contribution in [2.24, 2.45) is 5.73 Å². The molecule has 76 valence electrons. The number of benzene rings is 1. The molecule has 2 rings (SSSR count). The fourth-order valence-electron chi connectivity index (χ4n) is 1.95. The van der Waals surface area contributed by atoms with Crippen LogP contribution in [0.4, 0.5) is 0 Å². The molecule has 0 saturated heterocycles. The Labute approximate surface area is 91.4 Å². The van der Waals surface area contributed by atoms with Crippen LogP contribution in [-0.2, 0) is 0 Å². The van der Waals surface area contributed by atoms with Gasteiger partial charge in [-0.3, -0.25) is 0 Å². The Bertz CT molecular complexity index is 344. The summed E-state index contributed by atoms with van der Waals surface area (Å²) in [4.78, 5) is 0. The number of fused-ring (bicyclic) bond motifs is 1. The van der Waals surface area contributed by atoms with Crippen LogP contribution in [0.25, 0.3) is 5.57 Å². The number of hydrogen-bond donors (Lipinski definition) is 1. The summed E-state index contributed by atoms with van der Waals surface area (Å²) in [7, 11) is 0. The van der Waals surface area contributed by atoms with Gasteiger partial charge in [0.15, 0.2) is 0 Å². The minimum atomic E-state index is 0. The molecule has 0 saturated carbocycles. The SMILES string of the molecule is CCC1=CC[C@H](N)c2ccccc21.Cl. The van der Waals surface area contributed by atoms with Crippen molar-refractivity contribution < 1.29 is 0 Å². The van der Waals surface area contributed by atoms with E-state index in [1.54, 1.807) is 0 Å². The molecule has 2 heteroatoms. The van der Waals surface area contributed by atoms with E-state index in [4.69, 9.17) is 5.73 Å². The van der Waals surface area contributed by atoms with E-state index in [0.717, 1.165) is 12.8 Å². The highest BCUT2D eigenvalue weighted by atomic mass is 35.5. The van der Waals surface area contributed by atoms with Gasteiger partial charge in [0.25, 0.3) is 0 Å². The summed E-state index contributed by atoms with van der Waals surface area (Å²) < 4.78 is 0. The highest BCUT2D eigenvalue weighted by Gasteiger charge is 2.16. The van der Waals surface area contributed by atoms with E-state index in [9.17, 15) is 0 Å². The van der Waals surface area contributed by atoms with Gasteiger partial charge in [-0.1, -0.05) is 37.3 Å². The van der Waals surface area contributed by atoms with Crippen LogP contribution in [0.5, 0.6) is 0 Å². The van der Waals surface area contributed by atoms with Crippen molar-refractivity contribution in [3.05, 3.63) is 41.5 Å². The smallest absolute Gasteiger partial charge is 0.0336 e. The monoisotopic (exact) mass is 209 g/mol. The Morgan fingerprint density at radius 1 is 1.36 bits per heavy atom. The van der Waals surface area contributed by atoms with Crippen LogP contribution in [0.2, 0.25) is 0 Å². The van der Waals surface area contributed by atoms with Gasteiger partial charge in [-0.05, 0) is 29.5 Å². The summed E-state index contributed by atoms with van der Waals surface area (Å²) in [6.45, 7) is 2.19. The third-order valence-corrected chi connectivity index (χ3v) is 2.71. The molecule has 1 aliphatic carbocycles. The molecule has 0 aliphatic heterocycles. The predicted octanol–water partition coefficient (Wildman–Crippen LogP) is 3.31. The number of halogens is 1. The molecule has 1 atom stereocenters. The van der Waals surface area contributed by atoms with Gasteiger partial charge in [0, 0.05) is 6.04 Å². The molecule has 1 nitrogen and oxygen atoms in total. The summed E-state index contributed by atoms with van der Waals surface area (Å²) in [5.74, 6) is 0. The van der Waals surface area contributed by atoms with Gasteiger partial charge in [-0.25, -0.2) is 0 Å². The van der Waals surface area contributed by atoms with Gasteiger partial charge in [0.1, 0.15) is 0 Å². The van der Waals surface area contributed by atoms with Crippen molar-refractivity contribution in [3.8, 4) is 0 Å². The molecule has 0 spiro atoms. The van der Waals surface area contributed by atoms with Gasteiger partial charge >= 0.3 is 0 Å². The highest BCUT2D eigenvalue weighted by Crippen LogP contribution is 2.32. The Morgan fingerprint density at radius 3 is 2.79 bits per heavy atom. The van der Waals surface area contributed by atoms with Crippen LogP contribution in [0, 0.1) is 0 Å². The zero-order chi connectivity index (χ0) is 9.26. The molecule has 0 amide bonds. The molecule has 0 bridgehead atoms. The van der Waals surface area contributed by atoms with Crippen molar-refractivity contribution in [2.75, 3.05) is 0 Å². The minimum absolute atomic E-state index is 0. The summed E-state index contributed by atoms with van der Waals surface area (Å²) in [6, 6.07) is 8.66. The van der Waals surface area contributed by atoms with Crippen LogP contribution in [-0.4, -0.2) is 0 Å². The van der Waals surface area contributed by atoms with Gasteiger partial charge in [-0.2, -0.15) is 0 Å². The zero-order valence-electron chi connectivity index (χ0n) is 8.36. The van der Waals surface area contributed by atoms with Crippen molar-refractivity contribution in [3.63, 3.8) is 0 Å². The fourth-order valence-corrected chi connectivity index (χ4v) is 1.95. The summed E-state index contributed by atoms with van der Waals surface area (Å²) in [5.41, 5.74) is 10.1. The summed E-state index contributed by atoms with van der Waals surface area (Å²) >= 11 is 0. The average Bonchev–Trinajstić information content (AvgIpc) is 2.19. The fraction of sp³-hybridized carbons (Fsp3) is 0.333. The largest absolute Gasteiger partial charge is 0.324 e. The maximum atomic E-state index is 6.02. The lowest BCUT2D eigenvalue weighted by Gasteiger charge is -2.21. The van der Waals surface area contributed by atoms with E-state index in [1.165, 1.54) is 16.7 Å². The van der Waals surface area contributed by atoms with Gasteiger partial charge in [0.2, 0.25) is 0 Å². The van der Waals surface area contributed by atoms with E-state index in [2.05, 4.69) is 37.3 Å². The molecule has 0 aromatic heterocycles. The number of hydrogen-bond acceptors (Lipinski definition) is 1. The maximum absolute atomic E-state index is 6.02. The summed E-state index contributed by atoms with van der Waals surface area (Å²) in [5, 5.41) is 0. The molecule has 2 N–H and O–H groups in total. The normalized spacial score (nSPS) is 19.3. The first-order valence-electron chi connectivity index (χ1n) is 4.87. The topological polar surface area (TPSA) is 26.0 Å². The molecule has 14 heavy (non-hydrogen) atoms. The molecule has 0 radical (unpaired) electrons. The number of rotatable bonds is 1. The first kappa shape index (κ1) is 11.3. The molecule has 1 aromatic carbocycles. The Morgan fingerprint density at radius 2 is 2.07 bits per heavy atom. The van der Waals surface area contributed by atoms with Crippen LogP contribution >= 0.6 is 12.4 Å². The van der Waals surface area contributed by atoms with Crippen LogP contribution in [0.15, 0.2) is 30.3 Å². The third kappa shape index (κ3) is 1.84. The van der Waals surface area contributed by atoms with Crippen molar-refractivity contribution in [2.45, 2.75) is 25.8 Å². The average molecular weight is 210 g/mol. The third-order valence-electron chi connectivity index (χ3n) is 2.71. The standard InChI is InChI=1S/C12H15N.ClH/c1-2-9-7-8-12(13)11-6-4-3-5-10(9)11;/h3-7,12H,2,8,13H2,1H3;1H/t12-;/m0./s1. The van der Waals surface area contributed by atoms with Gasteiger partial charge < -0.3 is 5.73 Å². The van der Waals surface area contributed by atoms with E-state index < -0.39 is 0 Å². The van der Waals surface area contributed by atoms with E-state index in [0.29, 0.717) is 0 Å². The molecule has 0 unspecified atom stereocenters. The van der Waals surface area contributed by atoms with Gasteiger partial charge in [0.05, 0.1) is 0 Å². The van der Waals surface area contributed by atoms with Gasteiger partial charge in [-0.15, -0.1) is 12.4 Å². The first-order chi connectivity index (χ1) is 6.33. The van der Waals surface area contributed by atoms with E-state index in [-0.39, 0.29) is 18.4 Å². The van der Waals surface area contributed by atoms with Crippen LogP contribution in [0.3, 0.4) is 0 Å². The Hall–Kier alpha value is -0.790. The maximum Gasteiger partial charge on any atom is 0.0336 e. The van der Waals surface area contributed by atoms with Crippen molar-refractivity contribution in [1.82, 2.24) is 0 Å². The molecule has 1 aliphatic rings. The van der Waals surface area contributed by atoms with Crippen molar-refractivity contribution in [1.29, 1.82) is 0 Å². The molecule has 0 heterocycles. The lowest BCUT2D eigenvalue weighted by Crippen LogP contribution is -2.14. The Balaban J connectivity index is 0.000000980. The quantitative estimate of drug-likeness (QED) is 0.755. The Kier molecular flexibility index (Phi) is 3.73. The second-order valence-corrected chi connectivity index (χ2v) is 3.51. The van der Waals surface area contributed by atoms with E-state index in [1.807, 2.05) is 0 Å². The molecule has 0 fully saturated rings. The zero-order valence-corrected chi connectivity index (χ0v) is 9.18. The second-order valence-electron chi connectivity index (χ2n) is 3.51. The minimum Gasteiger partial charge on any atom is -0.324 e. The number of allylic oxidation sites excluding steroid dienone is 1. The van der Waals surface area contributed by atoms with Crippen LogP contribution in [0.1, 0.15) is 36.9 Å². The predicted molar refractivity (Wildman–Crippen MR) is 63.5 cm³/mol. The van der Waals surface area contributed by atoms with E-state index >= 15 is 0 Å². The molecular formula is C12H16ClN. The highest BCUT2D eigenvalue weighted by molar-refractivity contribution is 5.85. The summed E-state index contributed by atoms with van der Waals surface area (Å²) in [6.07, 6.45) is 4.36. The first-order valence-corrected chi connectivity index (χ1v) is 4.87. The lowest BCUT2D eigenvalue weighted by atomic mass is 9.87.